The van der Waals surface area contributed by atoms with E-state index in [0.29, 0.717) is 17.6 Å². The fourth-order valence-corrected chi connectivity index (χ4v) is 4.96. The molecule has 2 saturated carbocycles. The number of benzene rings is 1. The number of pyridine rings is 1. The van der Waals surface area contributed by atoms with E-state index in [0.717, 1.165) is 43.6 Å². The van der Waals surface area contributed by atoms with Gasteiger partial charge >= 0.3 is 0 Å². The third-order valence-corrected chi connectivity index (χ3v) is 6.72. The van der Waals surface area contributed by atoms with Gasteiger partial charge in [0, 0.05) is 11.8 Å². The predicted molar refractivity (Wildman–Crippen MR) is 109 cm³/mol. The zero-order valence-corrected chi connectivity index (χ0v) is 16.4. The molecule has 0 bridgehead atoms. The van der Waals surface area contributed by atoms with Gasteiger partial charge in [-0.25, -0.2) is 9.37 Å². The largest absolute Gasteiger partial charge is 0.497 e. The van der Waals surface area contributed by atoms with Crippen LogP contribution in [-0.4, -0.2) is 16.5 Å². The quantitative estimate of drug-likeness (QED) is 0.554. The van der Waals surface area contributed by atoms with Crippen molar-refractivity contribution in [2.24, 2.45) is 5.92 Å². The van der Waals surface area contributed by atoms with Gasteiger partial charge in [0.15, 0.2) is 0 Å². The van der Waals surface area contributed by atoms with Crippen LogP contribution in [0, 0.1) is 11.7 Å². The van der Waals surface area contributed by atoms with Crippen molar-refractivity contribution < 1.29 is 9.13 Å². The van der Waals surface area contributed by atoms with Gasteiger partial charge in [-0.15, -0.1) is 0 Å². The van der Waals surface area contributed by atoms with Gasteiger partial charge in [-0.05, 0) is 86.0 Å². The Kier molecular flexibility index (Phi) is 4.58. The van der Waals surface area contributed by atoms with Crippen molar-refractivity contribution in [3.63, 3.8) is 0 Å². The van der Waals surface area contributed by atoms with E-state index in [4.69, 9.17) is 4.74 Å². The fourth-order valence-electron chi connectivity index (χ4n) is 4.96. The summed E-state index contributed by atoms with van der Waals surface area (Å²) in [7, 11) is 1.58. The van der Waals surface area contributed by atoms with Gasteiger partial charge in [-0.1, -0.05) is 12.1 Å². The molecule has 0 saturated heterocycles. The van der Waals surface area contributed by atoms with Gasteiger partial charge in [0.2, 0.25) is 0 Å². The second-order valence-corrected chi connectivity index (χ2v) is 8.51. The SMILES string of the molecule is COc1ccc([C@H]2CC[C@H](Cc3c(C4CC4)ccc4cncn34)CC2)c(F)c1. The summed E-state index contributed by atoms with van der Waals surface area (Å²) in [5.41, 5.74) is 5.02. The molecule has 0 amide bonds. The minimum Gasteiger partial charge on any atom is -0.497 e. The van der Waals surface area contributed by atoms with Gasteiger partial charge in [0.05, 0.1) is 25.2 Å². The maximum absolute atomic E-state index is 14.5. The normalized spacial score (nSPS) is 22.5. The second-order valence-electron chi connectivity index (χ2n) is 8.51. The van der Waals surface area contributed by atoms with Crippen molar-refractivity contribution in [2.75, 3.05) is 7.11 Å². The number of aromatic nitrogens is 2. The smallest absolute Gasteiger partial charge is 0.130 e. The van der Waals surface area contributed by atoms with Gasteiger partial charge < -0.3 is 9.14 Å². The molecule has 2 aliphatic rings. The number of nitrogens with zero attached hydrogens (tertiary/aromatic N) is 2. The maximum atomic E-state index is 14.5. The standard InChI is InChI=1S/C24H27FN2O/c1-28-20-9-11-21(23(25)13-20)17-4-2-16(3-5-17)12-24-22(18-6-7-18)10-8-19-14-26-15-27(19)24/h8-11,13-18H,2-7,12H2,1H3/t16-,17-. The Balaban J connectivity index is 1.31. The highest BCUT2D eigenvalue weighted by Gasteiger charge is 2.30. The number of ether oxygens (including phenoxy) is 1. The van der Waals surface area contributed by atoms with E-state index in [1.54, 1.807) is 7.11 Å². The minimum atomic E-state index is -0.123. The molecule has 0 unspecified atom stereocenters. The Morgan fingerprint density at radius 1 is 1.00 bits per heavy atom. The first-order valence-corrected chi connectivity index (χ1v) is 10.5. The Labute approximate surface area is 165 Å². The summed E-state index contributed by atoms with van der Waals surface area (Å²) < 4.78 is 21.9. The zero-order valence-electron chi connectivity index (χ0n) is 16.4. The maximum Gasteiger partial charge on any atom is 0.130 e. The highest BCUT2D eigenvalue weighted by molar-refractivity contribution is 5.49. The third-order valence-electron chi connectivity index (χ3n) is 6.72. The number of hydrogen-bond acceptors (Lipinski definition) is 2. The summed E-state index contributed by atoms with van der Waals surface area (Å²) in [5.74, 6) is 2.21. The van der Waals surface area contributed by atoms with Crippen LogP contribution in [0.25, 0.3) is 5.52 Å². The van der Waals surface area contributed by atoms with Crippen LogP contribution in [-0.2, 0) is 6.42 Å². The summed E-state index contributed by atoms with van der Waals surface area (Å²) in [6, 6.07) is 9.84. The third kappa shape index (κ3) is 3.30. The first kappa shape index (κ1) is 17.7. The lowest BCUT2D eigenvalue weighted by molar-refractivity contribution is 0.316. The number of rotatable bonds is 5. The molecule has 1 aromatic carbocycles. The van der Waals surface area contributed by atoms with Crippen LogP contribution in [0.15, 0.2) is 42.9 Å². The minimum absolute atomic E-state index is 0.123. The van der Waals surface area contributed by atoms with Crippen molar-refractivity contribution in [3.05, 3.63) is 65.5 Å². The molecule has 0 radical (unpaired) electrons. The van der Waals surface area contributed by atoms with E-state index < -0.39 is 0 Å². The molecule has 2 fully saturated rings. The second kappa shape index (κ2) is 7.23. The van der Waals surface area contributed by atoms with Crippen LogP contribution in [0.4, 0.5) is 4.39 Å². The molecule has 3 nitrogen and oxygen atoms in total. The van der Waals surface area contributed by atoms with Gasteiger partial charge in [0.25, 0.3) is 0 Å². The molecule has 0 aliphatic heterocycles. The Bertz CT molecular complexity index is 983. The number of imidazole rings is 1. The van der Waals surface area contributed by atoms with Crippen molar-refractivity contribution in [1.82, 2.24) is 9.38 Å². The van der Waals surface area contributed by atoms with Gasteiger partial charge in [-0.2, -0.15) is 0 Å². The molecule has 0 N–H and O–H groups in total. The van der Waals surface area contributed by atoms with Crippen molar-refractivity contribution >= 4 is 5.52 Å². The average Bonchev–Trinajstić information content (AvgIpc) is 3.45. The number of methoxy groups -OCH3 is 1. The van der Waals surface area contributed by atoms with Crippen LogP contribution in [0.3, 0.4) is 0 Å². The topological polar surface area (TPSA) is 26.5 Å². The van der Waals surface area contributed by atoms with Gasteiger partial charge in [-0.3, -0.25) is 0 Å². The predicted octanol–water partition coefficient (Wildman–Crippen LogP) is 5.88. The first-order chi connectivity index (χ1) is 13.7. The summed E-state index contributed by atoms with van der Waals surface area (Å²) in [4.78, 5) is 4.36. The Morgan fingerprint density at radius 2 is 1.71 bits per heavy atom. The lowest BCUT2D eigenvalue weighted by Crippen LogP contribution is -2.18. The molecule has 3 aromatic rings. The molecular formula is C24H27FN2O. The molecule has 0 spiro atoms. The molecule has 0 atom stereocenters. The highest BCUT2D eigenvalue weighted by Crippen LogP contribution is 2.44. The van der Waals surface area contributed by atoms with Crippen molar-refractivity contribution in [1.29, 1.82) is 0 Å². The molecule has 28 heavy (non-hydrogen) atoms. The summed E-state index contributed by atoms with van der Waals surface area (Å²) >= 11 is 0. The number of hydrogen-bond donors (Lipinski definition) is 0. The van der Waals surface area contributed by atoms with E-state index in [2.05, 4.69) is 21.5 Å². The van der Waals surface area contributed by atoms with Crippen molar-refractivity contribution in [2.45, 2.75) is 56.8 Å². The lowest BCUT2D eigenvalue weighted by atomic mass is 9.76. The van der Waals surface area contributed by atoms with Crippen molar-refractivity contribution in [3.8, 4) is 5.75 Å². The highest BCUT2D eigenvalue weighted by atomic mass is 19.1. The summed E-state index contributed by atoms with van der Waals surface area (Å²) in [6.07, 6.45) is 12.1. The monoisotopic (exact) mass is 378 g/mol. The zero-order chi connectivity index (χ0) is 19.1. The Hall–Kier alpha value is -2.36. The molecule has 2 aromatic heterocycles. The fraction of sp³-hybridized carbons (Fsp3) is 0.458. The van der Waals surface area contributed by atoms with Crippen LogP contribution in [0.1, 0.15) is 67.2 Å². The van der Waals surface area contributed by atoms with E-state index in [9.17, 15) is 4.39 Å². The number of halogens is 1. The van der Waals surface area contributed by atoms with E-state index in [-0.39, 0.29) is 5.82 Å². The molecule has 5 rings (SSSR count). The van der Waals surface area contributed by atoms with Gasteiger partial charge in [0.1, 0.15) is 11.6 Å². The average molecular weight is 378 g/mol. The van der Waals surface area contributed by atoms with E-state index in [1.165, 1.54) is 35.7 Å². The molecule has 2 aliphatic carbocycles. The summed E-state index contributed by atoms with van der Waals surface area (Å²) in [5, 5.41) is 0. The van der Waals surface area contributed by atoms with E-state index in [1.807, 2.05) is 24.7 Å². The van der Waals surface area contributed by atoms with E-state index >= 15 is 0 Å². The molecule has 146 valence electrons. The lowest BCUT2D eigenvalue weighted by Gasteiger charge is -2.30. The Morgan fingerprint density at radius 3 is 2.43 bits per heavy atom. The summed E-state index contributed by atoms with van der Waals surface area (Å²) in [6.45, 7) is 0. The number of fused-ring (bicyclic) bond motifs is 1. The first-order valence-electron chi connectivity index (χ1n) is 10.5. The molecular weight excluding hydrogens is 351 g/mol. The van der Waals surface area contributed by atoms with Crippen LogP contribution in [0.2, 0.25) is 0 Å². The molecule has 4 heteroatoms. The van der Waals surface area contributed by atoms with Crippen LogP contribution in [0.5, 0.6) is 5.75 Å². The van der Waals surface area contributed by atoms with Crippen LogP contribution >= 0.6 is 0 Å². The molecule has 2 heterocycles. The van der Waals surface area contributed by atoms with Crippen LogP contribution < -0.4 is 4.74 Å².